The number of hydrogen-bond donors (Lipinski definition) is 4. The summed E-state index contributed by atoms with van der Waals surface area (Å²) >= 11 is 0. The van der Waals surface area contributed by atoms with Gasteiger partial charge in [-0.2, -0.15) is 0 Å². The smallest absolute Gasteiger partial charge is 0.319 e. The number of aliphatic hydroxyl groups excluding tert-OH is 1. The summed E-state index contributed by atoms with van der Waals surface area (Å²) in [5.74, 6) is 0.426. The van der Waals surface area contributed by atoms with E-state index in [9.17, 15) is 14.7 Å². The summed E-state index contributed by atoms with van der Waals surface area (Å²) in [5.41, 5.74) is 1.33. The van der Waals surface area contributed by atoms with Crippen molar-refractivity contribution in [1.29, 1.82) is 0 Å². The first kappa shape index (κ1) is 22.3. The molecule has 0 aliphatic carbocycles. The topological polar surface area (TPSA) is 122 Å². The summed E-state index contributed by atoms with van der Waals surface area (Å²) in [6.07, 6.45) is 4.03. The van der Waals surface area contributed by atoms with E-state index in [4.69, 9.17) is 9.47 Å². The Morgan fingerprint density at radius 1 is 1.19 bits per heavy atom. The number of ether oxygens (including phenoxy) is 2. The summed E-state index contributed by atoms with van der Waals surface area (Å²) in [6.45, 7) is 0.0225. The molecule has 0 saturated heterocycles. The quantitative estimate of drug-likeness (QED) is 0.476. The molecule has 164 valence electrons. The lowest BCUT2D eigenvalue weighted by Crippen LogP contribution is -2.50. The number of carbonyl (C=O) groups excluding carboxylic acids is 2. The molecule has 3 rings (SSSR count). The van der Waals surface area contributed by atoms with Crippen LogP contribution in [0.1, 0.15) is 12.1 Å². The number of urea groups is 1. The Morgan fingerprint density at radius 3 is 2.81 bits per heavy atom. The zero-order valence-electron chi connectivity index (χ0n) is 17.2. The average molecular weight is 426 g/mol. The SMILES string of the molecule is COc1cccc(NC(=O)N[C@@H]2C=C[C@@H](CC(=O)NCc3ccccn3)O[C@@H]2CO)c1. The van der Waals surface area contributed by atoms with E-state index in [0.717, 1.165) is 5.69 Å². The van der Waals surface area contributed by atoms with Crippen LogP contribution >= 0.6 is 0 Å². The van der Waals surface area contributed by atoms with Crippen molar-refractivity contribution in [2.45, 2.75) is 31.2 Å². The Balaban J connectivity index is 1.49. The maximum Gasteiger partial charge on any atom is 0.319 e. The van der Waals surface area contributed by atoms with Crippen LogP contribution in [0.5, 0.6) is 5.75 Å². The summed E-state index contributed by atoms with van der Waals surface area (Å²) < 4.78 is 10.9. The van der Waals surface area contributed by atoms with Crippen molar-refractivity contribution in [3.05, 3.63) is 66.5 Å². The number of aromatic nitrogens is 1. The highest BCUT2D eigenvalue weighted by atomic mass is 16.5. The molecule has 9 nitrogen and oxygen atoms in total. The molecule has 0 spiro atoms. The highest BCUT2D eigenvalue weighted by Gasteiger charge is 2.29. The molecule has 1 aliphatic heterocycles. The number of rotatable bonds is 8. The lowest BCUT2D eigenvalue weighted by molar-refractivity contribution is -0.125. The highest BCUT2D eigenvalue weighted by Crippen LogP contribution is 2.18. The van der Waals surface area contributed by atoms with Crippen LogP contribution in [0.3, 0.4) is 0 Å². The number of benzene rings is 1. The zero-order valence-corrected chi connectivity index (χ0v) is 17.2. The molecule has 0 saturated carbocycles. The van der Waals surface area contributed by atoms with Crippen LogP contribution in [-0.2, 0) is 16.1 Å². The van der Waals surface area contributed by atoms with Crippen LogP contribution < -0.4 is 20.7 Å². The van der Waals surface area contributed by atoms with Gasteiger partial charge in [-0.15, -0.1) is 0 Å². The Kier molecular flexibility index (Phi) is 7.97. The van der Waals surface area contributed by atoms with Gasteiger partial charge in [-0.3, -0.25) is 9.78 Å². The monoisotopic (exact) mass is 426 g/mol. The predicted octanol–water partition coefficient (Wildman–Crippen LogP) is 1.60. The number of nitrogens with zero attached hydrogens (tertiary/aromatic N) is 1. The van der Waals surface area contributed by atoms with Gasteiger partial charge in [0.2, 0.25) is 5.91 Å². The van der Waals surface area contributed by atoms with Gasteiger partial charge in [0.25, 0.3) is 0 Å². The maximum absolute atomic E-state index is 12.3. The molecule has 0 radical (unpaired) electrons. The number of hydrogen-bond acceptors (Lipinski definition) is 6. The van der Waals surface area contributed by atoms with E-state index in [0.29, 0.717) is 18.0 Å². The van der Waals surface area contributed by atoms with Crippen LogP contribution in [0.15, 0.2) is 60.8 Å². The molecule has 1 aromatic carbocycles. The third kappa shape index (κ3) is 6.80. The molecule has 9 heteroatoms. The van der Waals surface area contributed by atoms with Gasteiger partial charge in [0.1, 0.15) is 11.9 Å². The molecule has 0 fully saturated rings. The molecule has 4 N–H and O–H groups in total. The molecule has 2 heterocycles. The van der Waals surface area contributed by atoms with Gasteiger partial charge in [-0.05, 0) is 24.3 Å². The van der Waals surface area contributed by atoms with Crippen molar-refractivity contribution in [1.82, 2.24) is 15.6 Å². The van der Waals surface area contributed by atoms with Gasteiger partial charge >= 0.3 is 6.03 Å². The van der Waals surface area contributed by atoms with Crippen molar-refractivity contribution in [2.24, 2.45) is 0 Å². The lowest BCUT2D eigenvalue weighted by Gasteiger charge is -2.31. The molecule has 0 unspecified atom stereocenters. The molecular formula is C22H26N4O5. The molecule has 2 aromatic rings. The highest BCUT2D eigenvalue weighted by molar-refractivity contribution is 5.89. The van der Waals surface area contributed by atoms with Crippen molar-refractivity contribution < 1.29 is 24.2 Å². The second-order valence-electron chi connectivity index (χ2n) is 6.94. The van der Waals surface area contributed by atoms with E-state index in [2.05, 4.69) is 20.9 Å². The van der Waals surface area contributed by atoms with Crippen molar-refractivity contribution in [3.8, 4) is 5.75 Å². The molecule has 31 heavy (non-hydrogen) atoms. The third-order valence-electron chi connectivity index (χ3n) is 4.67. The minimum atomic E-state index is -0.672. The third-order valence-corrected chi connectivity index (χ3v) is 4.67. The molecule has 0 bridgehead atoms. The number of nitrogens with one attached hydrogen (secondary N) is 3. The summed E-state index contributed by atoms with van der Waals surface area (Å²) in [4.78, 5) is 28.7. The first-order valence-corrected chi connectivity index (χ1v) is 9.90. The van der Waals surface area contributed by atoms with Crippen LogP contribution in [0.25, 0.3) is 0 Å². The lowest BCUT2D eigenvalue weighted by atomic mass is 10.0. The number of amides is 3. The van der Waals surface area contributed by atoms with Gasteiger partial charge in [-0.25, -0.2) is 4.79 Å². The predicted molar refractivity (Wildman–Crippen MR) is 115 cm³/mol. The van der Waals surface area contributed by atoms with E-state index in [-0.39, 0.29) is 18.9 Å². The van der Waals surface area contributed by atoms with Gasteiger partial charge < -0.3 is 30.5 Å². The Labute approximate surface area is 180 Å². The minimum absolute atomic E-state index is 0.0998. The van der Waals surface area contributed by atoms with E-state index in [1.165, 1.54) is 0 Å². The average Bonchev–Trinajstić information content (AvgIpc) is 2.79. The number of pyridine rings is 1. The normalized spacial score (nSPS) is 20.0. The summed E-state index contributed by atoms with van der Waals surface area (Å²) in [6, 6.07) is 11.5. The molecule has 1 aromatic heterocycles. The van der Waals surface area contributed by atoms with Crippen molar-refractivity contribution in [2.75, 3.05) is 19.0 Å². The minimum Gasteiger partial charge on any atom is -0.497 e. The van der Waals surface area contributed by atoms with E-state index >= 15 is 0 Å². The van der Waals surface area contributed by atoms with E-state index in [1.807, 2.05) is 18.2 Å². The molecule has 1 aliphatic rings. The fraction of sp³-hybridized carbons (Fsp3) is 0.318. The fourth-order valence-electron chi connectivity index (χ4n) is 3.10. The van der Waals surface area contributed by atoms with Crippen LogP contribution in [0.2, 0.25) is 0 Å². The fourth-order valence-corrected chi connectivity index (χ4v) is 3.10. The van der Waals surface area contributed by atoms with E-state index in [1.54, 1.807) is 49.7 Å². The molecular weight excluding hydrogens is 400 g/mol. The Hall–Kier alpha value is -3.43. The number of aliphatic hydroxyl groups is 1. The van der Waals surface area contributed by atoms with Gasteiger partial charge in [0.15, 0.2) is 0 Å². The van der Waals surface area contributed by atoms with Crippen LogP contribution in [0, 0.1) is 0 Å². The molecule has 3 amide bonds. The van der Waals surface area contributed by atoms with Crippen LogP contribution in [0.4, 0.5) is 10.5 Å². The second-order valence-corrected chi connectivity index (χ2v) is 6.94. The van der Waals surface area contributed by atoms with E-state index < -0.39 is 24.3 Å². The second kappa shape index (κ2) is 11.1. The Morgan fingerprint density at radius 2 is 2.06 bits per heavy atom. The standard InChI is InChI=1S/C22H26N4O5/c1-30-17-7-4-6-15(11-17)25-22(29)26-19-9-8-18(31-20(19)14-27)12-21(28)24-13-16-5-2-3-10-23-16/h2-11,18-20,27H,12-14H2,1H3,(H,24,28)(H2,25,26,29)/t18-,19+,20+/m0/s1. The zero-order chi connectivity index (χ0) is 22.1. The van der Waals surface area contributed by atoms with Gasteiger partial charge in [-0.1, -0.05) is 24.3 Å². The first-order chi connectivity index (χ1) is 15.1. The number of methoxy groups -OCH3 is 1. The van der Waals surface area contributed by atoms with Gasteiger partial charge in [0.05, 0.1) is 44.5 Å². The Bertz CT molecular complexity index is 906. The number of carbonyl (C=O) groups is 2. The first-order valence-electron chi connectivity index (χ1n) is 9.90. The summed E-state index contributed by atoms with van der Waals surface area (Å²) in [5, 5.41) is 17.9. The largest absolute Gasteiger partial charge is 0.497 e. The molecule has 3 atom stereocenters. The van der Waals surface area contributed by atoms with Crippen LogP contribution in [-0.4, -0.2) is 54.0 Å². The maximum atomic E-state index is 12.3. The number of anilines is 1. The van der Waals surface area contributed by atoms with Crippen molar-refractivity contribution in [3.63, 3.8) is 0 Å². The van der Waals surface area contributed by atoms with Gasteiger partial charge in [0, 0.05) is 18.0 Å². The van der Waals surface area contributed by atoms with Crippen molar-refractivity contribution >= 4 is 17.6 Å². The summed E-state index contributed by atoms with van der Waals surface area (Å²) in [7, 11) is 1.55.